The number of nitrogens with zero attached hydrogens (tertiary/aromatic N) is 1. The monoisotopic (exact) mass is 276 g/mol. The largest absolute Gasteiger partial charge is 0.383 e. The van der Waals surface area contributed by atoms with Gasteiger partial charge in [-0.2, -0.15) is 0 Å². The molecule has 0 radical (unpaired) electrons. The summed E-state index contributed by atoms with van der Waals surface area (Å²) in [6, 6.07) is 7.47. The van der Waals surface area contributed by atoms with E-state index in [1.165, 1.54) is 29.8 Å². The topological polar surface area (TPSA) is 24.5 Å². The summed E-state index contributed by atoms with van der Waals surface area (Å²) >= 11 is 0. The highest BCUT2D eigenvalue weighted by Crippen LogP contribution is 2.31. The third kappa shape index (κ3) is 3.74. The van der Waals surface area contributed by atoms with Gasteiger partial charge in [0.2, 0.25) is 0 Å². The molecular weight excluding hydrogens is 248 g/mol. The van der Waals surface area contributed by atoms with Crippen molar-refractivity contribution in [3.05, 3.63) is 29.3 Å². The molecule has 3 heteroatoms. The molecule has 2 unspecified atom stereocenters. The van der Waals surface area contributed by atoms with Gasteiger partial charge in [-0.3, -0.25) is 0 Å². The van der Waals surface area contributed by atoms with Gasteiger partial charge >= 0.3 is 0 Å². The zero-order valence-corrected chi connectivity index (χ0v) is 13.3. The molecule has 1 saturated heterocycles. The molecule has 1 N–H and O–H groups in total. The Bertz CT molecular complexity index is 433. The number of anilines is 1. The average Bonchev–Trinajstić information content (AvgIpc) is 2.74. The number of ether oxygens (including phenoxy) is 1. The van der Waals surface area contributed by atoms with Crippen molar-refractivity contribution < 1.29 is 4.74 Å². The maximum atomic E-state index is 5.09. The van der Waals surface area contributed by atoms with Gasteiger partial charge in [-0.1, -0.05) is 24.6 Å². The Labute approximate surface area is 123 Å². The summed E-state index contributed by atoms with van der Waals surface area (Å²) in [4.78, 5) is 2.57. The summed E-state index contributed by atoms with van der Waals surface area (Å²) in [5.74, 6) is 0.792. The first-order chi connectivity index (χ1) is 9.61. The molecule has 1 heterocycles. The zero-order valence-electron chi connectivity index (χ0n) is 13.3. The second-order valence-corrected chi connectivity index (χ2v) is 6.14. The Hall–Kier alpha value is -1.06. The van der Waals surface area contributed by atoms with Crippen LogP contribution in [0.1, 0.15) is 31.4 Å². The normalized spacial score (nSPS) is 22.5. The van der Waals surface area contributed by atoms with Crippen molar-refractivity contribution >= 4 is 5.69 Å². The number of nitrogens with one attached hydrogen (secondary N) is 1. The number of aryl methyl sites for hydroxylation is 1. The van der Waals surface area contributed by atoms with Gasteiger partial charge in [-0.25, -0.2) is 0 Å². The Balaban J connectivity index is 2.11. The highest BCUT2D eigenvalue weighted by Gasteiger charge is 2.27. The van der Waals surface area contributed by atoms with Crippen LogP contribution in [0.2, 0.25) is 0 Å². The second kappa shape index (κ2) is 7.09. The number of benzene rings is 1. The first-order valence-corrected chi connectivity index (χ1v) is 7.67. The van der Waals surface area contributed by atoms with Crippen molar-refractivity contribution in [1.82, 2.24) is 5.32 Å². The van der Waals surface area contributed by atoms with E-state index in [4.69, 9.17) is 4.74 Å². The van der Waals surface area contributed by atoms with Crippen LogP contribution in [0.3, 0.4) is 0 Å². The van der Waals surface area contributed by atoms with Crippen LogP contribution in [0.5, 0.6) is 0 Å². The van der Waals surface area contributed by atoms with E-state index in [1.807, 2.05) is 0 Å². The molecule has 20 heavy (non-hydrogen) atoms. The zero-order chi connectivity index (χ0) is 14.5. The van der Waals surface area contributed by atoms with Crippen LogP contribution in [0.4, 0.5) is 5.69 Å². The molecule has 0 bridgehead atoms. The van der Waals surface area contributed by atoms with Gasteiger partial charge in [-0.05, 0) is 37.8 Å². The first kappa shape index (κ1) is 15.3. The third-order valence-electron chi connectivity index (χ3n) is 4.13. The summed E-state index contributed by atoms with van der Waals surface area (Å²) in [7, 11) is 1.74. The minimum atomic E-state index is 0.644. The summed E-state index contributed by atoms with van der Waals surface area (Å²) in [5, 5.41) is 3.47. The molecule has 2 rings (SSSR count). The van der Waals surface area contributed by atoms with Crippen LogP contribution in [0.15, 0.2) is 18.2 Å². The predicted molar refractivity (Wildman–Crippen MR) is 85.4 cm³/mol. The Morgan fingerprint density at radius 1 is 1.35 bits per heavy atom. The molecule has 0 saturated carbocycles. The quantitative estimate of drug-likeness (QED) is 0.809. The molecule has 0 amide bonds. The first-order valence-electron chi connectivity index (χ1n) is 7.67. The van der Waals surface area contributed by atoms with E-state index in [-0.39, 0.29) is 0 Å². The van der Waals surface area contributed by atoms with E-state index >= 15 is 0 Å². The van der Waals surface area contributed by atoms with E-state index in [1.54, 1.807) is 7.11 Å². The van der Waals surface area contributed by atoms with Gasteiger partial charge in [0, 0.05) is 38.5 Å². The Morgan fingerprint density at radius 2 is 2.15 bits per heavy atom. The fourth-order valence-electron chi connectivity index (χ4n) is 3.17. The van der Waals surface area contributed by atoms with Crippen molar-refractivity contribution in [2.75, 3.05) is 31.7 Å². The standard InChI is InChI=1S/C17H28N2O/c1-13-5-6-17(19-12-14(2)9-15(19)3)16(10-13)11-18-7-8-20-4/h5-6,10,14-15,18H,7-9,11-12H2,1-4H3. The van der Waals surface area contributed by atoms with Crippen LogP contribution in [0, 0.1) is 12.8 Å². The summed E-state index contributed by atoms with van der Waals surface area (Å²) < 4.78 is 5.09. The fraction of sp³-hybridized carbons (Fsp3) is 0.647. The minimum absolute atomic E-state index is 0.644. The van der Waals surface area contributed by atoms with Crippen molar-refractivity contribution in [3.63, 3.8) is 0 Å². The molecule has 0 aliphatic carbocycles. The van der Waals surface area contributed by atoms with Gasteiger partial charge in [0.1, 0.15) is 0 Å². The molecule has 1 aliphatic heterocycles. The molecule has 112 valence electrons. The number of rotatable bonds is 6. The van der Waals surface area contributed by atoms with Crippen LogP contribution in [-0.2, 0) is 11.3 Å². The molecule has 3 nitrogen and oxygen atoms in total. The molecule has 1 aromatic rings. The average molecular weight is 276 g/mol. The van der Waals surface area contributed by atoms with Crippen LogP contribution in [0.25, 0.3) is 0 Å². The van der Waals surface area contributed by atoms with E-state index in [0.29, 0.717) is 6.04 Å². The van der Waals surface area contributed by atoms with E-state index in [9.17, 15) is 0 Å². The van der Waals surface area contributed by atoms with Crippen molar-refractivity contribution in [2.45, 2.75) is 39.8 Å². The summed E-state index contributed by atoms with van der Waals surface area (Å²) in [5.41, 5.74) is 4.14. The maximum Gasteiger partial charge on any atom is 0.0587 e. The lowest BCUT2D eigenvalue weighted by atomic mass is 10.1. The fourth-order valence-corrected chi connectivity index (χ4v) is 3.17. The van der Waals surface area contributed by atoms with E-state index in [0.717, 1.165) is 25.6 Å². The highest BCUT2D eigenvalue weighted by atomic mass is 16.5. The van der Waals surface area contributed by atoms with Crippen molar-refractivity contribution in [2.24, 2.45) is 5.92 Å². The van der Waals surface area contributed by atoms with Crippen molar-refractivity contribution in [1.29, 1.82) is 0 Å². The molecule has 0 spiro atoms. The molecule has 2 atom stereocenters. The van der Waals surface area contributed by atoms with Crippen LogP contribution < -0.4 is 10.2 Å². The molecule has 0 aromatic heterocycles. The SMILES string of the molecule is COCCNCc1cc(C)ccc1N1CC(C)CC1C. The molecule has 1 aromatic carbocycles. The predicted octanol–water partition coefficient (Wildman–Crippen LogP) is 2.97. The minimum Gasteiger partial charge on any atom is -0.383 e. The maximum absolute atomic E-state index is 5.09. The lowest BCUT2D eigenvalue weighted by Gasteiger charge is -2.27. The van der Waals surface area contributed by atoms with E-state index < -0.39 is 0 Å². The van der Waals surface area contributed by atoms with Gasteiger partial charge in [0.05, 0.1) is 6.61 Å². The van der Waals surface area contributed by atoms with Crippen molar-refractivity contribution in [3.8, 4) is 0 Å². The Morgan fingerprint density at radius 3 is 2.80 bits per heavy atom. The van der Waals surface area contributed by atoms with Gasteiger partial charge in [0.15, 0.2) is 0 Å². The third-order valence-corrected chi connectivity index (χ3v) is 4.13. The van der Waals surface area contributed by atoms with Gasteiger partial charge < -0.3 is 15.0 Å². The highest BCUT2D eigenvalue weighted by molar-refractivity contribution is 5.56. The smallest absolute Gasteiger partial charge is 0.0587 e. The lowest BCUT2D eigenvalue weighted by Crippen LogP contribution is -2.29. The van der Waals surface area contributed by atoms with Crippen LogP contribution >= 0.6 is 0 Å². The summed E-state index contributed by atoms with van der Waals surface area (Å²) in [6.07, 6.45) is 1.30. The Kier molecular flexibility index (Phi) is 5.44. The number of hydrogen-bond acceptors (Lipinski definition) is 3. The second-order valence-electron chi connectivity index (χ2n) is 6.14. The summed E-state index contributed by atoms with van der Waals surface area (Å²) in [6.45, 7) is 10.6. The number of hydrogen-bond donors (Lipinski definition) is 1. The van der Waals surface area contributed by atoms with Crippen LogP contribution in [-0.4, -0.2) is 32.8 Å². The van der Waals surface area contributed by atoms with E-state index in [2.05, 4.69) is 49.2 Å². The molecule has 1 aliphatic rings. The van der Waals surface area contributed by atoms with Gasteiger partial charge in [-0.15, -0.1) is 0 Å². The van der Waals surface area contributed by atoms with Gasteiger partial charge in [0.25, 0.3) is 0 Å². The molecule has 1 fully saturated rings. The lowest BCUT2D eigenvalue weighted by molar-refractivity contribution is 0.199. The number of methoxy groups -OCH3 is 1. The molecular formula is C17H28N2O.